The molecule has 5 heteroatoms. The van der Waals surface area contributed by atoms with Gasteiger partial charge in [0.25, 0.3) is 0 Å². The Balaban J connectivity index is 2.12. The van der Waals surface area contributed by atoms with Crippen molar-refractivity contribution in [1.82, 2.24) is 0 Å². The number of hydrogen-bond donors (Lipinski definition) is 1. The molecule has 0 unspecified atom stereocenters. The topological polar surface area (TPSA) is 29.1 Å². The Labute approximate surface area is 130 Å². The van der Waals surface area contributed by atoms with Crippen molar-refractivity contribution in [3.05, 3.63) is 66.7 Å². The van der Waals surface area contributed by atoms with Gasteiger partial charge in [-0.25, -0.2) is 0 Å². The van der Waals surface area contributed by atoms with Gasteiger partial charge in [-0.05, 0) is 22.4 Å². The highest BCUT2D eigenvalue weighted by atomic mass is 19.4. The maximum Gasteiger partial charge on any atom is 0.471 e. The number of nitrogens with one attached hydrogen (secondary N) is 1. The first kappa shape index (κ1) is 15.1. The van der Waals surface area contributed by atoms with E-state index in [1.54, 1.807) is 18.2 Å². The number of amides is 1. The lowest BCUT2D eigenvalue weighted by atomic mass is 9.97. The van der Waals surface area contributed by atoms with Gasteiger partial charge in [-0.3, -0.25) is 4.79 Å². The summed E-state index contributed by atoms with van der Waals surface area (Å²) in [6.07, 6.45) is -4.92. The zero-order valence-corrected chi connectivity index (χ0v) is 11.9. The average Bonchev–Trinajstić information content (AvgIpc) is 2.54. The fraction of sp³-hybridized carbons (Fsp3) is 0.0556. The van der Waals surface area contributed by atoms with Crippen molar-refractivity contribution in [2.24, 2.45) is 0 Å². The summed E-state index contributed by atoms with van der Waals surface area (Å²) < 4.78 is 37.5. The third kappa shape index (κ3) is 3.04. The van der Waals surface area contributed by atoms with Crippen molar-refractivity contribution in [1.29, 1.82) is 0 Å². The quantitative estimate of drug-likeness (QED) is 0.708. The van der Waals surface area contributed by atoms with Crippen LogP contribution in [0.1, 0.15) is 0 Å². The summed E-state index contributed by atoms with van der Waals surface area (Å²) in [5, 5.41) is 3.83. The lowest BCUT2D eigenvalue weighted by molar-refractivity contribution is -0.167. The normalized spacial score (nSPS) is 11.4. The van der Waals surface area contributed by atoms with E-state index >= 15 is 0 Å². The molecular formula is C18H12F3NO. The van der Waals surface area contributed by atoms with Gasteiger partial charge in [-0.15, -0.1) is 0 Å². The number of carbonyl (C=O) groups excluding carboxylic acids is 1. The van der Waals surface area contributed by atoms with Gasteiger partial charge in [0.1, 0.15) is 0 Å². The van der Waals surface area contributed by atoms with Crippen LogP contribution in [0.2, 0.25) is 0 Å². The van der Waals surface area contributed by atoms with Crippen molar-refractivity contribution in [2.45, 2.75) is 6.18 Å². The summed E-state index contributed by atoms with van der Waals surface area (Å²) in [5.74, 6) is -1.98. The van der Waals surface area contributed by atoms with Crippen molar-refractivity contribution in [2.75, 3.05) is 5.32 Å². The van der Waals surface area contributed by atoms with Gasteiger partial charge < -0.3 is 5.32 Å². The highest BCUT2D eigenvalue weighted by Gasteiger charge is 2.39. The van der Waals surface area contributed by atoms with E-state index in [1.807, 2.05) is 47.8 Å². The van der Waals surface area contributed by atoms with E-state index in [2.05, 4.69) is 0 Å². The maximum atomic E-state index is 12.5. The van der Waals surface area contributed by atoms with Crippen molar-refractivity contribution < 1.29 is 18.0 Å². The zero-order valence-electron chi connectivity index (χ0n) is 11.9. The van der Waals surface area contributed by atoms with Crippen LogP contribution in [-0.4, -0.2) is 12.1 Å². The van der Waals surface area contributed by atoms with E-state index in [0.29, 0.717) is 5.56 Å². The highest BCUT2D eigenvalue weighted by Crippen LogP contribution is 2.34. The van der Waals surface area contributed by atoms with Crippen LogP contribution in [0.15, 0.2) is 66.7 Å². The average molecular weight is 315 g/mol. The van der Waals surface area contributed by atoms with E-state index in [1.165, 1.54) is 6.07 Å². The summed E-state index contributed by atoms with van der Waals surface area (Å²) in [5.41, 5.74) is 1.44. The molecule has 0 bridgehead atoms. The summed E-state index contributed by atoms with van der Waals surface area (Å²) >= 11 is 0. The first-order chi connectivity index (χ1) is 11.0. The lowest BCUT2D eigenvalue weighted by Crippen LogP contribution is -2.30. The second-order valence-electron chi connectivity index (χ2n) is 5.02. The minimum Gasteiger partial charge on any atom is -0.318 e. The number of carbonyl (C=O) groups is 1. The summed E-state index contributed by atoms with van der Waals surface area (Å²) in [6, 6.07) is 19.6. The molecule has 0 spiro atoms. The van der Waals surface area contributed by atoms with Crippen LogP contribution in [-0.2, 0) is 4.79 Å². The number of para-hydroxylation sites is 1. The van der Waals surface area contributed by atoms with E-state index in [0.717, 1.165) is 16.3 Å². The molecule has 0 aromatic heterocycles. The molecule has 0 aliphatic heterocycles. The lowest BCUT2D eigenvalue weighted by Gasteiger charge is -2.14. The van der Waals surface area contributed by atoms with Gasteiger partial charge in [0.15, 0.2) is 0 Å². The molecule has 0 aliphatic rings. The number of hydrogen-bond acceptors (Lipinski definition) is 1. The van der Waals surface area contributed by atoms with E-state index in [9.17, 15) is 18.0 Å². The van der Waals surface area contributed by atoms with Crippen LogP contribution in [0.3, 0.4) is 0 Å². The zero-order chi connectivity index (χ0) is 16.4. The molecule has 3 aromatic carbocycles. The monoisotopic (exact) mass is 315 g/mol. The van der Waals surface area contributed by atoms with Gasteiger partial charge in [0.2, 0.25) is 0 Å². The predicted molar refractivity (Wildman–Crippen MR) is 84.1 cm³/mol. The second-order valence-corrected chi connectivity index (χ2v) is 5.02. The smallest absolute Gasteiger partial charge is 0.318 e. The van der Waals surface area contributed by atoms with Crippen LogP contribution < -0.4 is 5.32 Å². The molecule has 0 fully saturated rings. The molecule has 3 rings (SSSR count). The molecule has 0 saturated heterocycles. The number of alkyl halides is 3. The second kappa shape index (κ2) is 5.76. The molecule has 0 heterocycles. The Morgan fingerprint density at radius 3 is 2.17 bits per heavy atom. The molecule has 0 radical (unpaired) electrons. The van der Waals surface area contributed by atoms with Gasteiger partial charge in [-0.2, -0.15) is 13.2 Å². The molecular weight excluding hydrogens is 303 g/mol. The van der Waals surface area contributed by atoms with Crippen molar-refractivity contribution >= 4 is 22.4 Å². The van der Waals surface area contributed by atoms with E-state index < -0.39 is 12.1 Å². The van der Waals surface area contributed by atoms with Crippen LogP contribution in [0.5, 0.6) is 0 Å². The Bertz CT molecular complexity index is 866. The Morgan fingerprint density at radius 2 is 1.39 bits per heavy atom. The van der Waals surface area contributed by atoms with Crippen molar-refractivity contribution in [3.8, 4) is 11.1 Å². The molecule has 3 aromatic rings. The molecule has 116 valence electrons. The minimum absolute atomic E-state index is 0.131. The van der Waals surface area contributed by atoms with E-state index in [4.69, 9.17) is 0 Å². The molecule has 1 N–H and O–H groups in total. The van der Waals surface area contributed by atoms with Crippen LogP contribution in [0, 0.1) is 0 Å². The molecule has 23 heavy (non-hydrogen) atoms. The minimum atomic E-state index is -4.92. The van der Waals surface area contributed by atoms with Crippen molar-refractivity contribution in [3.63, 3.8) is 0 Å². The third-order valence-electron chi connectivity index (χ3n) is 3.51. The van der Waals surface area contributed by atoms with Crippen LogP contribution in [0.4, 0.5) is 18.9 Å². The molecule has 0 atom stereocenters. The Kier molecular flexibility index (Phi) is 3.78. The number of halogens is 3. The van der Waals surface area contributed by atoms with Crippen LogP contribution >= 0.6 is 0 Å². The Morgan fingerprint density at radius 1 is 0.783 bits per heavy atom. The fourth-order valence-electron chi connectivity index (χ4n) is 2.48. The predicted octanol–water partition coefficient (Wildman–Crippen LogP) is 5.01. The molecule has 1 amide bonds. The molecule has 2 nitrogen and oxygen atoms in total. The van der Waals surface area contributed by atoms with Gasteiger partial charge >= 0.3 is 12.1 Å². The first-order valence-corrected chi connectivity index (χ1v) is 6.92. The maximum absolute atomic E-state index is 12.5. The van der Waals surface area contributed by atoms with Crippen LogP contribution in [0.25, 0.3) is 21.9 Å². The molecule has 0 saturated carbocycles. The summed E-state index contributed by atoms with van der Waals surface area (Å²) in [6.45, 7) is 0. The van der Waals surface area contributed by atoms with E-state index in [-0.39, 0.29) is 5.69 Å². The largest absolute Gasteiger partial charge is 0.471 e. The SMILES string of the molecule is O=C(Nc1ccccc1-c1cccc2ccccc12)C(F)(F)F. The number of rotatable bonds is 2. The summed E-state index contributed by atoms with van der Waals surface area (Å²) in [7, 11) is 0. The third-order valence-corrected chi connectivity index (χ3v) is 3.51. The number of fused-ring (bicyclic) bond motifs is 1. The first-order valence-electron chi connectivity index (χ1n) is 6.92. The standard InChI is InChI=1S/C18H12F3NO/c19-18(20,21)17(23)22-16-11-4-3-9-15(16)14-10-5-7-12-6-1-2-8-13(12)14/h1-11H,(H,22,23). The van der Waals surface area contributed by atoms with Gasteiger partial charge in [0, 0.05) is 11.3 Å². The number of benzene rings is 3. The highest BCUT2D eigenvalue weighted by molar-refractivity contribution is 6.03. The van der Waals surface area contributed by atoms with Gasteiger partial charge in [0.05, 0.1) is 0 Å². The fourth-order valence-corrected chi connectivity index (χ4v) is 2.48. The summed E-state index contributed by atoms with van der Waals surface area (Å²) in [4.78, 5) is 11.2. The number of anilines is 1. The Hall–Kier alpha value is -2.82. The van der Waals surface area contributed by atoms with Gasteiger partial charge in [-0.1, -0.05) is 60.7 Å². The molecule has 0 aliphatic carbocycles.